The molecule has 2 amide bonds. The van der Waals surface area contributed by atoms with E-state index in [1.54, 1.807) is 18.7 Å². The molecule has 1 N–H and O–H groups in total. The van der Waals surface area contributed by atoms with Crippen molar-refractivity contribution in [3.63, 3.8) is 0 Å². The summed E-state index contributed by atoms with van der Waals surface area (Å²) in [6, 6.07) is 7.61. The number of sulfonamides is 1. The van der Waals surface area contributed by atoms with E-state index >= 15 is 0 Å². The minimum atomic E-state index is -3.61. The topological polar surface area (TPSA) is 86.8 Å². The van der Waals surface area contributed by atoms with Crippen molar-refractivity contribution in [1.82, 2.24) is 9.62 Å². The quantitative estimate of drug-likeness (QED) is 0.677. The number of amides is 2. The van der Waals surface area contributed by atoms with E-state index in [1.165, 1.54) is 17.1 Å². The van der Waals surface area contributed by atoms with Crippen LogP contribution in [0.4, 0.5) is 5.69 Å². The van der Waals surface area contributed by atoms with E-state index in [-0.39, 0.29) is 36.7 Å². The first-order valence-corrected chi connectivity index (χ1v) is 13.0. The normalized spacial score (nSPS) is 24.1. The summed E-state index contributed by atoms with van der Waals surface area (Å²) in [5.41, 5.74) is 0.313. The Balaban J connectivity index is 2.01. The van der Waals surface area contributed by atoms with Gasteiger partial charge in [-0.25, -0.2) is 8.42 Å². The zero-order chi connectivity index (χ0) is 22.6. The van der Waals surface area contributed by atoms with Crippen LogP contribution in [0.15, 0.2) is 24.3 Å². The van der Waals surface area contributed by atoms with Gasteiger partial charge in [-0.2, -0.15) is 4.31 Å². The van der Waals surface area contributed by atoms with Gasteiger partial charge in [0.15, 0.2) is 0 Å². The fourth-order valence-corrected chi connectivity index (χ4v) is 5.83. The lowest BCUT2D eigenvalue weighted by Crippen LogP contribution is -2.71. The number of nitrogens with one attached hydrogen (secondary N) is 1. The van der Waals surface area contributed by atoms with Crippen molar-refractivity contribution in [2.45, 2.75) is 77.3 Å². The number of nitrogens with zero attached hydrogens (tertiary/aromatic N) is 2. The van der Waals surface area contributed by atoms with E-state index in [0.717, 1.165) is 31.2 Å². The summed E-state index contributed by atoms with van der Waals surface area (Å²) < 4.78 is 26.4. The maximum Gasteiger partial charge on any atom is 0.247 e. The number of rotatable bonds is 6. The minimum absolute atomic E-state index is 0.0501. The molecule has 2 aliphatic rings. The first-order chi connectivity index (χ1) is 14.7. The highest BCUT2D eigenvalue weighted by Crippen LogP contribution is 2.33. The number of anilines is 1. The Morgan fingerprint density at radius 1 is 1.13 bits per heavy atom. The van der Waals surface area contributed by atoms with E-state index in [0.29, 0.717) is 12.1 Å². The molecule has 0 bridgehead atoms. The predicted octanol–water partition coefficient (Wildman–Crippen LogP) is 2.85. The largest absolute Gasteiger partial charge is 0.351 e. The third-order valence-corrected chi connectivity index (χ3v) is 8.36. The molecule has 1 aromatic carbocycles. The predicted molar refractivity (Wildman–Crippen MR) is 122 cm³/mol. The van der Waals surface area contributed by atoms with Gasteiger partial charge in [0, 0.05) is 18.3 Å². The van der Waals surface area contributed by atoms with Gasteiger partial charge >= 0.3 is 0 Å². The summed E-state index contributed by atoms with van der Waals surface area (Å²) in [7, 11) is -3.61. The smallest absolute Gasteiger partial charge is 0.247 e. The number of piperazine rings is 1. The van der Waals surface area contributed by atoms with Crippen LogP contribution in [0, 0.1) is 0 Å². The summed E-state index contributed by atoms with van der Waals surface area (Å²) in [6.07, 6.45) is 7.01. The van der Waals surface area contributed by atoms with Gasteiger partial charge in [0.25, 0.3) is 0 Å². The van der Waals surface area contributed by atoms with E-state index in [4.69, 9.17) is 0 Å². The molecule has 1 aromatic rings. The van der Waals surface area contributed by atoms with Gasteiger partial charge in [0.1, 0.15) is 5.54 Å². The van der Waals surface area contributed by atoms with Gasteiger partial charge < -0.3 is 5.32 Å². The fourth-order valence-electron chi connectivity index (χ4n) is 4.71. The minimum Gasteiger partial charge on any atom is -0.351 e. The van der Waals surface area contributed by atoms with Crippen LogP contribution < -0.4 is 10.2 Å². The van der Waals surface area contributed by atoms with Crippen molar-refractivity contribution in [3.05, 3.63) is 29.8 Å². The average molecular weight is 450 g/mol. The van der Waals surface area contributed by atoms with Gasteiger partial charge in [0.05, 0.1) is 12.3 Å². The molecule has 31 heavy (non-hydrogen) atoms. The Morgan fingerprint density at radius 3 is 2.39 bits per heavy atom. The third kappa shape index (κ3) is 4.95. The molecule has 0 radical (unpaired) electrons. The van der Waals surface area contributed by atoms with Gasteiger partial charge in [0.2, 0.25) is 21.8 Å². The summed E-state index contributed by atoms with van der Waals surface area (Å²) >= 11 is 0. The van der Waals surface area contributed by atoms with Crippen molar-refractivity contribution < 1.29 is 18.0 Å². The Hall–Kier alpha value is -1.93. The number of hydrogen-bond donors (Lipinski definition) is 1. The summed E-state index contributed by atoms with van der Waals surface area (Å²) in [5, 5.41) is 3.16. The number of para-hydroxylation sites is 1. The SMILES string of the molecule is CCc1ccccc1N1C(=O)CN(S(=O)(=O)CC)CC1(C)C(=O)NC1CCCCCC1. The lowest BCUT2D eigenvalue weighted by molar-refractivity contribution is -0.133. The Bertz CT molecular complexity index is 909. The molecular weight excluding hydrogens is 414 g/mol. The van der Waals surface area contributed by atoms with Crippen LogP contribution in [-0.4, -0.2) is 55.0 Å². The van der Waals surface area contributed by atoms with Crippen LogP contribution in [0.25, 0.3) is 0 Å². The van der Waals surface area contributed by atoms with Gasteiger partial charge in [-0.05, 0) is 44.7 Å². The van der Waals surface area contributed by atoms with Crippen LogP contribution >= 0.6 is 0 Å². The molecular formula is C23H35N3O4S. The molecule has 1 unspecified atom stereocenters. The molecule has 3 rings (SSSR count). The maximum atomic E-state index is 13.7. The molecule has 1 aliphatic heterocycles. The Labute approximate surface area is 186 Å². The van der Waals surface area contributed by atoms with Gasteiger partial charge in [-0.1, -0.05) is 50.8 Å². The van der Waals surface area contributed by atoms with Crippen LogP contribution in [0.2, 0.25) is 0 Å². The third-order valence-electron chi connectivity index (χ3n) is 6.59. The number of hydrogen-bond acceptors (Lipinski definition) is 4. The molecule has 1 saturated carbocycles. The highest BCUT2D eigenvalue weighted by molar-refractivity contribution is 7.89. The molecule has 7 nitrogen and oxygen atoms in total. The zero-order valence-electron chi connectivity index (χ0n) is 18.9. The highest BCUT2D eigenvalue weighted by Gasteiger charge is 2.51. The second kappa shape index (κ2) is 9.69. The van der Waals surface area contributed by atoms with Crippen molar-refractivity contribution >= 4 is 27.5 Å². The maximum absolute atomic E-state index is 13.7. The number of carbonyl (C=O) groups excluding carboxylic acids is 2. The molecule has 1 heterocycles. The van der Waals surface area contributed by atoms with Crippen molar-refractivity contribution in [2.24, 2.45) is 0 Å². The molecule has 1 aliphatic carbocycles. The zero-order valence-corrected chi connectivity index (χ0v) is 19.7. The standard InChI is InChI=1S/C23H35N3O4S/c1-4-18-12-10-11-15-20(18)26-21(27)16-25(31(29,30)5-2)17-23(26,3)22(28)24-19-13-8-6-7-9-14-19/h10-12,15,19H,4-9,13-14,16-17H2,1-3H3,(H,24,28). The van der Waals surface area contributed by atoms with E-state index in [2.05, 4.69) is 5.32 Å². The van der Waals surface area contributed by atoms with E-state index < -0.39 is 15.6 Å². The molecule has 8 heteroatoms. The molecule has 2 fully saturated rings. The monoisotopic (exact) mass is 449 g/mol. The summed E-state index contributed by atoms with van der Waals surface area (Å²) in [6.45, 7) is 4.96. The van der Waals surface area contributed by atoms with Crippen LogP contribution in [0.3, 0.4) is 0 Å². The summed E-state index contributed by atoms with van der Waals surface area (Å²) in [4.78, 5) is 28.5. The lowest BCUT2D eigenvalue weighted by atomic mass is 9.92. The number of carbonyl (C=O) groups is 2. The molecule has 0 aromatic heterocycles. The van der Waals surface area contributed by atoms with Crippen molar-refractivity contribution in [2.75, 3.05) is 23.7 Å². The number of aryl methyl sites for hydroxylation is 1. The molecule has 0 spiro atoms. The second-order valence-electron chi connectivity index (χ2n) is 8.82. The number of benzene rings is 1. The Kier molecular flexibility index (Phi) is 7.42. The van der Waals surface area contributed by atoms with E-state index in [1.807, 2.05) is 31.2 Å². The molecule has 1 saturated heterocycles. The van der Waals surface area contributed by atoms with Crippen molar-refractivity contribution in [1.29, 1.82) is 0 Å². The second-order valence-corrected chi connectivity index (χ2v) is 11.1. The highest BCUT2D eigenvalue weighted by atomic mass is 32.2. The Morgan fingerprint density at radius 2 is 1.77 bits per heavy atom. The van der Waals surface area contributed by atoms with Gasteiger partial charge in [-0.3, -0.25) is 14.5 Å². The first kappa shape index (κ1) is 23.7. The first-order valence-electron chi connectivity index (χ1n) is 11.4. The van der Waals surface area contributed by atoms with E-state index in [9.17, 15) is 18.0 Å². The average Bonchev–Trinajstić information content (AvgIpc) is 3.02. The van der Waals surface area contributed by atoms with Crippen LogP contribution in [-0.2, 0) is 26.0 Å². The summed E-state index contributed by atoms with van der Waals surface area (Å²) in [5.74, 6) is -0.760. The fraction of sp³-hybridized carbons (Fsp3) is 0.652. The van der Waals surface area contributed by atoms with Gasteiger partial charge in [-0.15, -0.1) is 0 Å². The molecule has 172 valence electrons. The molecule has 1 atom stereocenters. The van der Waals surface area contributed by atoms with Crippen molar-refractivity contribution in [3.8, 4) is 0 Å². The van der Waals surface area contributed by atoms with Crippen LogP contribution in [0.1, 0.15) is 64.9 Å². The van der Waals surface area contributed by atoms with Crippen LogP contribution in [0.5, 0.6) is 0 Å². The lowest BCUT2D eigenvalue weighted by Gasteiger charge is -2.47.